The quantitative estimate of drug-likeness (QED) is 0.254. The van der Waals surface area contributed by atoms with E-state index >= 15 is 0 Å². The van der Waals surface area contributed by atoms with Gasteiger partial charge in [0, 0.05) is 25.7 Å². The van der Waals surface area contributed by atoms with Crippen LogP contribution in [0, 0.1) is 0 Å². The molecule has 6 atom stereocenters. The number of carbonyl (C=O) groups is 1. The highest BCUT2D eigenvalue weighted by Gasteiger charge is 2.45. The number of aliphatic hydroxyl groups is 2. The molecule has 2 aromatic heterocycles. The van der Waals surface area contributed by atoms with Crippen LogP contribution in [0.25, 0.3) is 11.2 Å². The number of aliphatic carboxylic acids is 1. The second kappa shape index (κ2) is 8.98. The van der Waals surface area contributed by atoms with Crippen LogP contribution in [-0.2, 0) is 9.53 Å². The fourth-order valence-electron chi connectivity index (χ4n) is 4.20. The summed E-state index contributed by atoms with van der Waals surface area (Å²) in [6, 6.07) is -0.804. The van der Waals surface area contributed by atoms with Crippen LogP contribution in [-0.4, -0.2) is 102 Å². The highest BCUT2D eigenvalue weighted by molar-refractivity contribution is 5.81. The van der Waals surface area contributed by atoms with Gasteiger partial charge in [-0.3, -0.25) is 14.3 Å². The summed E-state index contributed by atoms with van der Waals surface area (Å²) in [6.45, 7) is 2.36. The van der Waals surface area contributed by atoms with Gasteiger partial charge in [0.25, 0.3) is 0 Å². The van der Waals surface area contributed by atoms with E-state index in [9.17, 15) is 15.0 Å². The van der Waals surface area contributed by atoms with Gasteiger partial charge in [0.15, 0.2) is 17.7 Å². The highest BCUT2D eigenvalue weighted by atomic mass is 16.6. The predicted molar refractivity (Wildman–Crippen MR) is 109 cm³/mol. The summed E-state index contributed by atoms with van der Waals surface area (Å²) in [6.07, 6.45) is -0.0467. The zero-order valence-corrected chi connectivity index (χ0v) is 16.9. The molecule has 2 aliphatic heterocycles. The van der Waals surface area contributed by atoms with Gasteiger partial charge >= 0.3 is 5.97 Å². The molecule has 2 aliphatic rings. The van der Waals surface area contributed by atoms with E-state index in [4.69, 9.17) is 21.3 Å². The summed E-state index contributed by atoms with van der Waals surface area (Å²) in [4.78, 5) is 25.4. The topological polar surface area (TPSA) is 198 Å². The maximum Gasteiger partial charge on any atom is 0.320 e. The minimum atomic E-state index is -1.21. The zero-order valence-electron chi connectivity index (χ0n) is 16.9. The van der Waals surface area contributed by atoms with Gasteiger partial charge in [0.1, 0.15) is 36.2 Å². The molecular formula is C18H28N8O5. The van der Waals surface area contributed by atoms with Gasteiger partial charge in [-0.25, -0.2) is 15.0 Å². The molecule has 0 aliphatic carbocycles. The molecule has 31 heavy (non-hydrogen) atoms. The molecule has 13 heteroatoms. The van der Waals surface area contributed by atoms with Crippen molar-refractivity contribution >= 4 is 23.0 Å². The number of rotatable bonds is 8. The molecule has 0 amide bonds. The van der Waals surface area contributed by atoms with Gasteiger partial charge in [-0.2, -0.15) is 0 Å². The van der Waals surface area contributed by atoms with E-state index in [1.165, 1.54) is 17.2 Å². The number of nitrogens with zero attached hydrogens (tertiary/aromatic N) is 5. The Hall–Kier alpha value is -2.42. The molecule has 2 saturated heterocycles. The van der Waals surface area contributed by atoms with Crippen LogP contribution in [0.3, 0.4) is 0 Å². The Balaban J connectivity index is 1.50. The van der Waals surface area contributed by atoms with Crippen LogP contribution in [0.15, 0.2) is 12.7 Å². The fourth-order valence-corrected chi connectivity index (χ4v) is 4.20. The predicted octanol–water partition coefficient (Wildman–Crippen LogP) is -2.51. The van der Waals surface area contributed by atoms with Crippen molar-refractivity contribution < 1.29 is 24.9 Å². The van der Waals surface area contributed by atoms with E-state index in [2.05, 4.69) is 25.2 Å². The summed E-state index contributed by atoms with van der Waals surface area (Å²) in [5, 5.41) is 33.7. The number of imidazole rings is 1. The van der Waals surface area contributed by atoms with Crippen LogP contribution in [0.2, 0.25) is 0 Å². The van der Waals surface area contributed by atoms with Crippen molar-refractivity contribution in [1.82, 2.24) is 29.7 Å². The van der Waals surface area contributed by atoms with E-state index in [1.807, 2.05) is 0 Å². The summed E-state index contributed by atoms with van der Waals surface area (Å²) in [5.74, 6) is -0.839. The van der Waals surface area contributed by atoms with Gasteiger partial charge in [-0.15, -0.1) is 0 Å². The Morgan fingerprint density at radius 1 is 1.35 bits per heavy atom. The summed E-state index contributed by atoms with van der Waals surface area (Å²) >= 11 is 0. The van der Waals surface area contributed by atoms with E-state index in [-0.39, 0.29) is 18.3 Å². The molecule has 0 aromatic carbocycles. The molecule has 0 bridgehead atoms. The van der Waals surface area contributed by atoms with Crippen molar-refractivity contribution in [3.05, 3.63) is 12.7 Å². The molecule has 0 spiro atoms. The molecule has 0 unspecified atom stereocenters. The first-order chi connectivity index (χ1) is 14.9. The Morgan fingerprint density at radius 3 is 2.87 bits per heavy atom. The number of nitrogens with two attached hydrogens (primary N) is 2. The van der Waals surface area contributed by atoms with Gasteiger partial charge in [0.05, 0.1) is 6.33 Å². The average Bonchev–Trinajstić information content (AvgIpc) is 3.47. The highest BCUT2D eigenvalue weighted by Crippen LogP contribution is 2.32. The number of aliphatic hydroxyl groups excluding tert-OH is 2. The Kier molecular flexibility index (Phi) is 6.31. The Bertz CT molecular complexity index is 919. The molecule has 2 fully saturated rings. The molecule has 4 heterocycles. The summed E-state index contributed by atoms with van der Waals surface area (Å²) in [5.41, 5.74) is 12.3. The number of carboxylic acid groups (broad SMARTS) is 1. The van der Waals surface area contributed by atoms with Crippen LogP contribution in [0.1, 0.15) is 19.1 Å². The summed E-state index contributed by atoms with van der Waals surface area (Å²) < 4.78 is 7.57. The SMILES string of the molecule is Nc1ncnc2c1ncn2[C@@H]1O[C@H](CN(CC[C@H](N)C(=O)O)[C@H]2CCNC2)[C@@H](O)[C@H]1O. The van der Waals surface area contributed by atoms with Crippen molar-refractivity contribution in [2.24, 2.45) is 5.73 Å². The monoisotopic (exact) mass is 436 g/mol. The number of aromatic nitrogens is 4. The van der Waals surface area contributed by atoms with Gasteiger partial charge in [0.2, 0.25) is 0 Å². The van der Waals surface area contributed by atoms with E-state index < -0.39 is 36.6 Å². The third-order valence-corrected chi connectivity index (χ3v) is 6.01. The maximum atomic E-state index is 11.1. The molecule has 4 rings (SSSR count). The standard InChI is InChI=1S/C18H28N8O5/c19-10(18(29)30)2-4-25(9-1-3-21-5-9)6-11-13(27)14(28)17(31-11)26-8-24-12-15(20)22-7-23-16(12)26/h7-11,13-14,17,21,27-28H,1-6,19H2,(H,29,30)(H2,20,22,23)/t9-,10-,11+,13+,14+,17+/m0/s1. The van der Waals surface area contributed by atoms with E-state index in [1.54, 1.807) is 0 Å². The lowest BCUT2D eigenvalue weighted by Gasteiger charge is -2.31. The largest absolute Gasteiger partial charge is 0.480 e. The van der Waals surface area contributed by atoms with Crippen LogP contribution in [0.5, 0.6) is 0 Å². The molecule has 13 nitrogen and oxygen atoms in total. The van der Waals surface area contributed by atoms with Gasteiger partial charge in [-0.1, -0.05) is 0 Å². The minimum Gasteiger partial charge on any atom is -0.480 e. The Labute approximate surface area is 178 Å². The lowest BCUT2D eigenvalue weighted by molar-refractivity contribution is -0.138. The molecule has 170 valence electrons. The number of fused-ring (bicyclic) bond motifs is 1. The third kappa shape index (κ3) is 4.33. The first-order valence-corrected chi connectivity index (χ1v) is 10.2. The average molecular weight is 436 g/mol. The number of hydrogen-bond donors (Lipinski definition) is 6. The minimum absolute atomic E-state index is 0.162. The fraction of sp³-hybridized carbons (Fsp3) is 0.667. The first kappa shape index (κ1) is 21.8. The van der Waals surface area contributed by atoms with Crippen molar-refractivity contribution in [2.75, 3.05) is 31.9 Å². The molecular weight excluding hydrogens is 408 g/mol. The maximum absolute atomic E-state index is 11.1. The molecule has 0 saturated carbocycles. The molecule has 8 N–H and O–H groups in total. The van der Waals surface area contributed by atoms with Gasteiger partial charge in [-0.05, 0) is 19.4 Å². The molecule has 2 aromatic rings. The summed E-state index contributed by atoms with van der Waals surface area (Å²) in [7, 11) is 0. The second-order valence-corrected chi connectivity index (χ2v) is 8.00. The van der Waals surface area contributed by atoms with Crippen molar-refractivity contribution in [3.63, 3.8) is 0 Å². The number of carboxylic acids is 1. The third-order valence-electron chi connectivity index (χ3n) is 6.01. The number of anilines is 1. The van der Waals surface area contributed by atoms with E-state index in [0.717, 1.165) is 19.5 Å². The number of nitrogen functional groups attached to an aromatic ring is 1. The van der Waals surface area contributed by atoms with Crippen molar-refractivity contribution in [3.8, 4) is 0 Å². The first-order valence-electron chi connectivity index (χ1n) is 10.2. The number of hydrogen-bond acceptors (Lipinski definition) is 11. The molecule has 0 radical (unpaired) electrons. The van der Waals surface area contributed by atoms with Crippen LogP contribution < -0.4 is 16.8 Å². The lowest BCUT2D eigenvalue weighted by Crippen LogP contribution is -2.47. The Morgan fingerprint density at radius 2 is 2.16 bits per heavy atom. The van der Waals surface area contributed by atoms with E-state index in [0.29, 0.717) is 24.3 Å². The van der Waals surface area contributed by atoms with Gasteiger partial charge < -0.3 is 36.8 Å². The number of nitrogens with one attached hydrogen (secondary N) is 1. The van der Waals surface area contributed by atoms with Crippen molar-refractivity contribution in [2.45, 2.75) is 49.5 Å². The second-order valence-electron chi connectivity index (χ2n) is 8.00. The normalized spacial score (nSPS) is 29.7. The number of ether oxygens (including phenoxy) is 1. The zero-order chi connectivity index (χ0) is 22.1. The lowest BCUT2D eigenvalue weighted by atomic mass is 10.1. The van der Waals surface area contributed by atoms with Crippen molar-refractivity contribution in [1.29, 1.82) is 0 Å². The van der Waals surface area contributed by atoms with Crippen LogP contribution in [0.4, 0.5) is 5.82 Å². The smallest absolute Gasteiger partial charge is 0.320 e. The van der Waals surface area contributed by atoms with Crippen LogP contribution >= 0.6 is 0 Å².